The van der Waals surface area contributed by atoms with Crippen LogP contribution in [0.15, 0.2) is 42.5 Å². The molecule has 0 aliphatic rings. The maximum absolute atomic E-state index is 12.4. The zero-order valence-electron chi connectivity index (χ0n) is 11.1. The summed E-state index contributed by atoms with van der Waals surface area (Å²) in [6.45, 7) is 2.00. The van der Waals surface area contributed by atoms with Crippen molar-refractivity contribution < 1.29 is 4.79 Å². The van der Waals surface area contributed by atoms with E-state index in [1.807, 2.05) is 43.3 Å². The van der Waals surface area contributed by atoms with Crippen LogP contribution in [0.5, 0.6) is 0 Å². The minimum absolute atomic E-state index is 0.207. The summed E-state index contributed by atoms with van der Waals surface area (Å²) in [5.74, 6) is -0.207. The molecule has 3 rings (SSSR count). The molecule has 0 saturated heterocycles. The number of benzene rings is 2. The lowest BCUT2D eigenvalue weighted by Crippen LogP contribution is -2.10. The average molecular weight is 336 g/mol. The van der Waals surface area contributed by atoms with Gasteiger partial charge in [-0.3, -0.25) is 4.79 Å². The Morgan fingerprint density at radius 1 is 1.10 bits per heavy atom. The average Bonchev–Trinajstić information content (AvgIpc) is 2.78. The number of carbonyl (C=O) groups is 1. The number of hydrogen-bond acceptors (Lipinski definition) is 2. The molecule has 2 aromatic carbocycles. The predicted octanol–water partition coefficient (Wildman–Crippen LogP) is 5.77. The van der Waals surface area contributed by atoms with Gasteiger partial charge in [0.2, 0.25) is 0 Å². The van der Waals surface area contributed by atoms with Crippen LogP contribution in [0.25, 0.3) is 10.1 Å². The fourth-order valence-electron chi connectivity index (χ4n) is 2.01. The summed E-state index contributed by atoms with van der Waals surface area (Å²) >= 11 is 13.6. The van der Waals surface area contributed by atoms with Crippen LogP contribution in [0.1, 0.15) is 15.2 Å². The first kappa shape index (κ1) is 14.4. The number of nitrogens with one attached hydrogen (secondary N) is 1. The molecule has 0 aliphatic heterocycles. The van der Waals surface area contributed by atoms with Gasteiger partial charge in [0.25, 0.3) is 5.91 Å². The molecular formula is C16H11Cl2NOS. The van der Waals surface area contributed by atoms with Crippen molar-refractivity contribution in [2.24, 2.45) is 0 Å². The highest BCUT2D eigenvalue weighted by Crippen LogP contribution is 2.37. The second kappa shape index (κ2) is 5.68. The van der Waals surface area contributed by atoms with E-state index in [1.54, 1.807) is 6.07 Å². The number of amides is 1. The smallest absolute Gasteiger partial charge is 0.267 e. The Morgan fingerprint density at radius 3 is 2.52 bits per heavy atom. The molecule has 1 aromatic heterocycles. The maximum Gasteiger partial charge on any atom is 0.267 e. The van der Waals surface area contributed by atoms with Crippen LogP contribution >= 0.6 is 34.5 Å². The van der Waals surface area contributed by atoms with Gasteiger partial charge >= 0.3 is 0 Å². The Morgan fingerprint density at radius 2 is 1.81 bits per heavy atom. The lowest BCUT2D eigenvalue weighted by Gasteiger charge is -2.04. The number of hydrogen-bond donors (Lipinski definition) is 1. The topological polar surface area (TPSA) is 29.1 Å². The largest absolute Gasteiger partial charge is 0.321 e. The number of thiophene rings is 1. The second-order valence-corrected chi connectivity index (χ2v) is 6.57. The van der Waals surface area contributed by atoms with Crippen molar-refractivity contribution in [1.82, 2.24) is 0 Å². The Bertz CT molecular complexity index is 824. The molecule has 1 N–H and O–H groups in total. The minimum Gasteiger partial charge on any atom is -0.321 e. The molecule has 21 heavy (non-hydrogen) atoms. The molecule has 0 atom stereocenters. The van der Waals surface area contributed by atoms with Crippen LogP contribution < -0.4 is 5.32 Å². The van der Waals surface area contributed by atoms with Crippen molar-refractivity contribution in [1.29, 1.82) is 0 Å². The molecule has 0 bridgehead atoms. The standard InChI is InChI=1S/C16H11Cl2NOS/c1-9-2-5-11(6-3-9)19-16(20)15-14(18)12-7-4-10(17)8-13(12)21-15/h2-8H,1H3,(H,19,20). The molecule has 0 fully saturated rings. The van der Waals surface area contributed by atoms with Gasteiger partial charge in [-0.2, -0.15) is 0 Å². The molecule has 106 valence electrons. The number of carbonyl (C=O) groups excluding carboxylic acids is 1. The fraction of sp³-hybridized carbons (Fsp3) is 0.0625. The van der Waals surface area contributed by atoms with Gasteiger partial charge in [-0.1, -0.05) is 47.0 Å². The first-order valence-corrected chi connectivity index (χ1v) is 7.87. The van der Waals surface area contributed by atoms with E-state index in [2.05, 4.69) is 5.32 Å². The second-order valence-electron chi connectivity index (χ2n) is 4.71. The van der Waals surface area contributed by atoms with Crippen molar-refractivity contribution in [3.05, 3.63) is 63.0 Å². The van der Waals surface area contributed by atoms with Gasteiger partial charge in [-0.25, -0.2) is 0 Å². The third kappa shape index (κ3) is 2.91. The summed E-state index contributed by atoms with van der Waals surface area (Å²) in [4.78, 5) is 12.9. The van der Waals surface area contributed by atoms with Crippen molar-refractivity contribution >= 4 is 56.2 Å². The molecule has 1 heterocycles. The Labute approximate surface area is 136 Å². The number of halogens is 2. The number of aryl methyl sites for hydroxylation is 1. The summed E-state index contributed by atoms with van der Waals surface area (Å²) in [6.07, 6.45) is 0. The monoisotopic (exact) mass is 335 g/mol. The van der Waals surface area contributed by atoms with Gasteiger partial charge in [0, 0.05) is 20.8 Å². The van der Waals surface area contributed by atoms with Crippen molar-refractivity contribution in [2.75, 3.05) is 5.32 Å². The van der Waals surface area contributed by atoms with E-state index in [1.165, 1.54) is 11.3 Å². The highest BCUT2D eigenvalue weighted by Gasteiger charge is 2.17. The SMILES string of the molecule is Cc1ccc(NC(=O)c2sc3cc(Cl)ccc3c2Cl)cc1. The number of rotatable bonds is 2. The van der Waals surface area contributed by atoms with Crippen molar-refractivity contribution in [2.45, 2.75) is 6.92 Å². The lowest BCUT2D eigenvalue weighted by molar-refractivity contribution is 0.103. The molecule has 0 unspecified atom stereocenters. The van der Waals surface area contributed by atoms with Gasteiger partial charge in [0.1, 0.15) is 4.88 Å². The zero-order chi connectivity index (χ0) is 15.0. The van der Waals surface area contributed by atoms with E-state index in [-0.39, 0.29) is 5.91 Å². The predicted molar refractivity (Wildman–Crippen MR) is 91.0 cm³/mol. The van der Waals surface area contributed by atoms with Crippen LogP contribution in [0.4, 0.5) is 5.69 Å². The van der Waals surface area contributed by atoms with Crippen LogP contribution in [0.3, 0.4) is 0 Å². The maximum atomic E-state index is 12.4. The van der Waals surface area contributed by atoms with Crippen molar-refractivity contribution in [3.8, 4) is 0 Å². The highest BCUT2D eigenvalue weighted by atomic mass is 35.5. The number of fused-ring (bicyclic) bond motifs is 1. The first-order chi connectivity index (χ1) is 10.0. The van der Waals surface area contributed by atoms with E-state index in [0.29, 0.717) is 14.9 Å². The normalized spacial score (nSPS) is 10.8. The third-order valence-electron chi connectivity index (χ3n) is 3.11. The van der Waals surface area contributed by atoms with E-state index in [0.717, 1.165) is 21.3 Å². The molecule has 2 nitrogen and oxygen atoms in total. The Kier molecular flexibility index (Phi) is 3.89. The van der Waals surface area contributed by atoms with E-state index in [4.69, 9.17) is 23.2 Å². The van der Waals surface area contributed by atoms with Crippen LogP contribution in [-0.2, 0) is 0 Å². The van der Waals surface area contributed by atoms with Crippen molar-refractivity contribution in [3.63, 3.8) is 0 Å². The van der Waals surface area contributed by atoms with Crippen LogP contribution in [-0.4, -0.2) is 5.91 Å². The first-order valence-electron chi connectivity index (χ1n) is 6.30. The summed E-state index contributed by atoms with van der Waals surface area (Å²) in [6, 6.07) is 13.0. The van der Waals surface area contributed by atoms with Crippen LogP contribution in [0.2, 0.25) is 10.0 Å². The van der Waals surface area contributed by atoms with E-state index >= 15 is 0 Å². The number of anilines is 1. The minimum atomic E-state index is -0.207. The lowest BCUT2D eigenvalue weighted by atomic mass is 10.2. The molecule has 0 spiro atoms. The summed E-state index contributed by atoms with van der Waals surface area (Å²) in [7, 11) is 0. The molecule has 5 heteroatoms. The quantitative estimate of drug-likeness (QED) is 0.632. The third-order valence-corrected chi connectivity index (χ3v) is 5.00. The molecule has 1 amide bonds. The van der Waals surface area contributed by atoms with Gasteiger partial charge in [0.15, 0.2) is 0 Å². The van der Waals surface area contributed by atoms with Crippen LogP contribution in [0, 0.1) is 6.92 Å². The zero-order valence-corrected chi connectivity index (χ0v) is 13.4. The summed E-state index contributed by atoms with van der Waals surface area (Å²) in [5, 5.41) is 4.80. The molecule has 3 aromatic rings. The van der Waals surface area contributed by atoms with Gasteiger partial charge in [-0.15, -0.1) is 11.3 Å². The molecule has 0 saturated carbocycles. The molecule has 0 aliphatic carbocycles. The van der Waals surface area contributed by atoms with Gasteiger partial charge < -0.3 is 5.32 Å². The van der Waals surface area contributed by atoms with E-state index in [9.17, 15) is 4.79 Å². The summed E-state index contributed by atoms with van der Waals surface area (Å²) in [5.41, 5.74) is 1.89. The molecular weight excluding hydrogens is 325 g/mol. The fourth-order valence-corrected chi connectivity index (χ4v) is 3.70. The Hall–Kier alpha value is -1.55. The Balaban J connectivity index is 1.94. The summed E-state index contributed by atoms with van der Waals surface area (Å²) < 4.78 is 0.904. The highest BCUT2D eigenvalue weighted by molar-refractivity contribution is 7.21. The van der Waals surface area contributed by atoms with Gasteiger partial charge in [0.05, 0.1) is 5.02 Å². The van der Waals surface area contributed by atoms with E-state index < -0.39 is 0 Å². The molecule has 0 radical (unpaired) electrons. The van der Waals surface area contributed by atoms with Gasteiger partial charge in [-0.05, 0) is 31.2 Å².